The van der Waals surface area contributed by atoms with Crippen LogP contribution in [0, 0.1) is 0 Å². The van der Waals surface area contributed by atoms with Gasteiger partial charge in [-0.1, -0.05) is 69.9 Å². The van der Waals surface area contributed by atoms with Crippen LogP contribution in [0.2, 0.25) is 0 Å². The van der Waals surface area contributed by atoms with Crippen molar-refractivity contribution in [3.8, 4) is 0 Å². The minimum absolute atomic E-state index is 0. The van der Waals surface area contributed by atoms with Crippen molar-refractivity contribution in [2.75, 3.05) is 0 Å². The average Bonchev–Trinajstić information content (AvgIpc) is 2.54. The third-order valence-electron chi connectivity index (χ3n) is 4.53. The number of aryl methyl sites for hydroxylation is 2. The van der Waals surface area contributed by atoms with Gasteiger partial charge in [0, 0.05) is 0 Å². The van der Waals surface area contributed by atoms with E-state index >= 15 is 0 Å². The van der Waals surface area contributed by atoms with Crippen LogP contribution in [0.4, 0.5) is 0 Å². The van der Waals surface area contributed by atoms with Gasteiger partial charge in [0.05, 0.1) is 4.90 Å². The monoisotopic (exact) mass is 370 g/mol. The van der Waals surface area contributed by atoms with Gasteiger partial charge in [-0.25, -0.2) is 8.42 Å². The zero-order valence-corrected chi connectivity index (χ0v) is 18.5. The molecule has 0 saturated heterocycles. The molecule has 0 fully saturated rings. The van der Waals surface area contributed by atoms with Crippen LogP contribution < -0.4 is 29.6 Å². The average molecular weight is 370 g/mol. The van der Waals surface area contributed by atoms with E-state index in [1.807, 2.05) is 24.3 Å². The van der Waals surface area contributed by atoms with Crippen LogP contribution >= 0.6 is 0 Å². The minimum Gasteiger partial charge on any atom is -0.744 e. The minimum atomic E-state index is -4.49. The topological polar surface area (TPSA) is 57.2 Å². The Morgan fingerprint density at radius 2 is 1.40 bits per heavy atom. The van der Waals surface area contributed by atoms with E-state index in [1.54, 1.807) is 6.07 Å². The first-order valence-electron chi connectivity index (χ1n) is 8.98. The van der Waals surface area contributed by atoms with Gasteiger partial charge >= 0.3 is 29.6 Å². The van der Waals surface area contributed by atoms with Gasteiger partial charge in [-0.3, -0.25) is 0 Å². The second-order valence-electron chi connectivity index (χ2n) is 6.43. The van der Waals surface area contributed by atoms with Crippen LogP contribution in [-0.4, -0.2) is 13.0 Å². The molecule has 2 aromatic carbocycles. The first kappa shape index (κ1) is 22.7. The largest absolute Gasteiger partial charge is 1.00 e. The third-order valence-corrected chi connectivity index (χ3v) is 5.52. The van der Waals surface area contributed by atoms with Crippen LogP contribution in [0.3, 0.4) is 0 Å². The molecule has 0 radical (unpaired) electrons. The molecule has 0 spiro atoms. The molecule has 0 N–H and O–H groups in total. The Bertz CT molecular complexity index is 785. The van der Waals surface area contributed by atoms with Gasteiger partial charge < -0.3 is 4.55 Å². The first-order valence-corrected chi connectivity index (χ1v) is 10.4. The number of rotatable bonds is 9. The van der Waals surface area contributed by atoms with Crippen molar-refractivity contribution in [2.24, 2.45) is 0 Å². The summed E-state index contributed by atoms with van der Waals surface area (Å²) in [4.78, 5) is -0.00607. The maximum Gasteiger partial charge on any atom is 1.00 e. The number of benzene rings is 2. The Kier molecular flexibility index (Phi) is 9.68. The van der Waals surface area contributed by atoms with Gasteiger partial charge in [-0.15, -0.1) is 0 Å². The fourth-order valence-corrected chi connectivity index (χ4v) is 4.22. The molecule has 5 heteroatoms. The van der Waals surface area contributed by atoms with Crippen molar-refractivity contribution < 1.29 is 42.5 Å². The Balaban J connectivity index is 0.00000312. The fourth-order valence-electron chi connectivity index (χ4n) is 3.28. The van der Waals surface area contributed by atoms with Crippen LogP contribution in [0.1, 0.15) is 63.5 Å². The van der Waals surface area contributed by atoms with Crippen molar-refractivity contribution in [3.05, 3.63) is 41.5 Å². The summed E-state index contributed by atoms with van der Waals surface area (Å²) in [6.45, 7) is 4.27. The summed E-state index contributed by atoms with van der Waals surface area (Å²) in [6.07, 6.45) is 7.93. The van der Waals surface area contributed by atoms with Crippen LogP contribution in [0.5, 0.6) is 0 Å². The molecular formula is C20H27NaO3S. The molecule has 132 valence electrons. The van der Waals surface area contributed by atoms with E-state index in [0.29, 0.717) is 17.4 Å². The van der Waals surface area contributed by atoms with E-state index in [0.717, 1.165) is 55.9 Å². The van der Waals surface area contributed by atoms with Crippen LogP contribution in [0.15, 0.2) is 35.2 Å². The van der Waals surface area contributed by atoms with E-state index in [2.05, 4.69) is 13.8 Å². The Hall–Kier alpha value is -0.390. The van der Waals surface area contributed by atoms with E-state index in [-0.39, 0.29) is 34.5 Å². The van der Waals surface area contributed by atoms with Gasteiger partial charge in [0.1, 0.15) is 10.1 Å². The quantitative estimate of drug-likeness (QED) is 0.386. The Labute approximate surface area is 174 Å². The van der Waals surface area contributed by atoms with Gasteiger partial charge in [0.2, 0.25) is 0 Å². The fraction of sp³-hybridized carbons (Fsp3) is 0.500. The standard InChI is InChI=1S/C20H28O3S.Na/c1-3-5-7-10-16-12-9-13-19-18(16)15-14-17(11-8-6-4-2)20(19)24(21,22)23;/h9,12-15H,3-8,10-11H2,1-2H3,(H,21,22,23);/q;+1/p-1. The summed E-state index contributed by atoms with van der Waals surface area (Å²) in [5.74, 6) is 0. The van der Waals surface area contributed by atoms with E-state index < -0.39 is 10.1 Å². The molecule has 2 aromatic rings. The molecule has 0 heterocycles. The molecule has 3 nitrogen and oxygen atoms in total. The normalized spacial score (nSPS) is 11.5. The summed E-state index contributed by atoms with van der Waals surface area (Å²) in [7, 11) is -4.49. The van der Waals surface area contributed by atoms with Crippen molar-refractivity contribution in [3.63, 3.8) is 0 Å². The molecule has 0 aromatic heterocycles. The maximum atomic E-state index is 11.9. The molecule has 0 aliphatic rings. The summed E-state index contributed by atoms with van der Waals surface area (Å²) in [5.41, 5.74) is 1.79. The van der Waals surface area contributed by atoms with Gasteiger partial charge in [0.25, 0.3) is 0 Å². The van der Waals surface area contributed by atoms with Gasteiger partial charge in [-0.05, 0) is 47.6 Å². The molecule has 0 saturated carbocycles. The molecule has 0 bridgehead atoms. The summed E-state index contributed by atoms with van der Waals surface area (Å²) in [6, 6.07) is 9.51. The molecule has 0 unspecified atom stereocenters. The summed E-state index contributed by atoms with van der Waals surface area (Å²) < 4.78 is 35.7. The molecule has 0 amide bonds. The number of hydrogen-bond donors (Lipinski definition) is 0. The smallest absolute Gasteiger partial charge is 0.744 e. The van der Waals surface area contributed by atoms with E-state index in [1.165, 1.54) is 0 Å². The zero-order chi connectivity index (χ0) is 17.6. The molecule has 25 heavy (non-hydrogen) atoms. The molecule has 2 rings (SSSR count). The number of unbranched alkanes of at least 4 members (excludes halogenated alkanes) is 4. The summed E-state index contributed by atoms with van der Waals surface area (Å²) in [5, 5.41) is 1.50. The van der Waals surface area contributed by atoms with E-state index in [4.69, 9.17) is 0 Å². The maximum absolute atomic E-state index is 11.9. The molecular weight excluding hydrogens is 343 g/mol. The summed E-state index contributed by atoms with van der Waals surface area (Å²) >= 11 is 0. The second kappa shape index (κ2) is 10.7. The van der Waals surface area contributed by atoms with Crippen molar-refractivity contribution in [2.45, 2.75) is 70.1 Å². The molecule has 0 aliphatic heterocycles. The van der Waals surface area contributed by atoms with Crippen LogP contribution in [0.25, 0.3) is 10.8 Å². The molecule has 0 atom stereocenters. The van der Waals surface area contributed by atoms with Crippen molar-refractivity contribution in [1.82, 2.24) is 0 Å². The van der Waals surface area contributed by atoms with Gasteiger partial charge in [0.15, 0.2) is 0 Å². The van der Waals surface area contributed by atoms with E-state index in [9.17, 15) is 13.0 Å². The predicted octanol–water partition coefficient (Wildman–Crippen LogP) is 2.21. The van der Waals surface area contributed by atoms with Crippen molar-refractivity contribution >= 4 is 20.9 Å². The third kappa shape index (κ3) is 6.07. The number of fused-ring (bicyclic) bond motifs is 1. The van der Waals surface area contributed by atoms with Crippen LogP contribution in [-0.2, 0) is 23.0 Å². The second-order valence-corrected chi connectivity index (χ2v) is 7.75. The molecule has 0 aliphatic carbocycles. The van der Waals surface area contributed by atoms with Crippen molar-refractivity contribution in [1.29, 1.82) is 0 Å². The zero-order valence-electron chi connectivity index (χ0n) is 15.7. The Morgan fingerprint density at radius 3 is 1.96 bits per heavy atom. The van der Waals surface area contributed by atoms with Gasteiger partial charge in [-0.2, -0.15) is 0 Å². The SMILES string of the molecule is CCCCCc1ccc2c(CCCCC)cccc2c1S(=O)(=O)[O-].[Na+]. The Morgan fingerprint density at radius 1 is 0.800 bits per heavy atom. The number of hydrogen-bond acceptors (Lipinski definition) is 3. The first-order chi connectivity index (χ1) is 11.5. The predicted molar refractivity (Wildman–Crippen MR) is 98.4 cm³/mol.